The lowest BCUT2D eigenvalue weighted by atomic mass is 10.0. The van der Waals surface area contributed by atoms with Crippen LogP contribution in [0.4, 0.5) is 0 Å². The molecule has 1 saturated heterocycles. The summed E-state index contributed by atoms with van der Waals surface area (Å²) in [7, 11) is 2.21. The second-order valence-electron chi connectivity index (χ2n) is 6.11. The van der Waals surface area contributed by atoms with Gasteiger partial charge in [0, 0.05) is 11.4 Å². The molecule has 1 aliphatic heterocycles. The summed E-state index contributed by atoms with van der Waals surface area (Å²) in [6.07, 6.45) is 3.83. The molecule has 1 atom stereocenters. The normalized spacial score (nSPS) is 21.8. The van der Waals surface area contributed by atoms with Crippen LogP contribution in [-0.4, -0.2) is 28.3 Å². The highest BCUT2D eigenvalue weighted by Crippen LogP contribution is 2.30. The number of hydrogen-bond acceptors (Lipinski definition) is 2. The molecule has 0 spiro atoms. The minimum Gasteiger partial charge on any atom is -0.298 e. The summed E-state index contributed by atoms with van der Waals surface area (Å²) in [6.45, 7) is 13.6. The summed E-state index contributed by atoms with van der Waals surface area (Å²) in [6, 6.07) is 2.71. The maximum Gasteiger partial charge on any atom is 0.0803 e. The van der Waals surface area contributed by atoms with Crippen molar-refractivity contribution in [3.8, 4) is 0 Å². The Kier molecular flexibility index (Phi) is 4.48. The van der Waals surface area contributed by atoms with E-state index in [0.717, 1.165) is 5.57 Å². The van der Waals surface area contributed by atoms with Gasteiger partial charge in [0.05, 0.1) is 11.7 Å². The first kappa shape index (κ1) is 15.0. The average Bonchev–Trinajstić information content (AvgIpc) is 2.79. The number of aryl methyl sites for hydroxylation is 1. The van der Waals surface area contributed by atoms with Crippen molar-refractivity contribution >= 4 is 5.70 Å². The summed E-state index contributed by atoms with van der Waals surface area (Å²) in [5, 5.41) is 4.86. The number of allylic oxidation sites excluding steroid dienone is 3. The van der Waals surface area contributed by atoms with Crippen LogP contribution in [0.3, 0.4) is 0 Å². The molecule has 1 aromatic heterocycles. The monoisotopic (exact) mass is 273 g/mol. The van der Waals surface area contributed by atoms with E-state index >= 15 is 0 Å². The smallest absolute Gasteiger partial charge is 0.0803 e. The Morgan fingerprint density at radius 1 is 1.30 bits per heavy atom. The Morgan fingerprint density at radius 2 is 2.00 bits per heavy atom. The molecule has 0 bridgehead atoms. The fourth-order valence-corrected chi connectivity index (χ4v) is 2.92. The number of nitrogens with zero attached hydrogens (tertiary/aromatic N) is 3. The molecule has 0 saturated carbocycles. The van der Waals surface area contributed by atoms with E-state index in [1.807, 2.05) is 6.92 Å². The standard InChI is InChI=1S/C17H27N3/c1-12(2)14(4)15(5)20-13(3)11-16(18-20)17-9-7-8-10-19(17)6/h11,17H,1,7-10H2,2-6H3/b15-14-. The Hall–Kier alpha value is -1.35. The van der Waals surface area contributed by atoms with Crippen molar-refractivity contribution in [2.75, 3.05) is 13.6 Å². The molecular formula is C17H27N3. The first-order chi connectivity index (χ1) is 9.41. The van der Waals surface area contributed by atoms with E-state index in [4.69, 9.17) is 5.10 Å². The van der Waals surface area contributed by atoms with Gasteiger partial charge in [-0.3, -0.25) is 4.90 Å². The largest absolute Gasteiger partial charge is 0.298 e. The third-order valence-corrected chi connectivity index (χ3v) is 4.52. The molecule has 110 valence electrons. The lowest BCUT2D eigenvalue weighted by Crippen LogP contribution is -2.29. The average molecular weight is 273 g/mol. The number of rotatable bonds is 3. The fraction of sp³-hybridized carbons (Fsp3) is 0.588. The molecule has 0 aromatic carbocycles. The molecule has 3 nitrogen and oxygen atoms in total. The van der Waals surface area contributed by atoms with Gasteiger partial charge >= 0.3 is 0 Å². The van der Waals surface area contributed by atoms with E-state index in [2.05, 4.69) is 50.0 Å². The molecule has 1 fully saturated rings. The van der Waals surface area contributed by atoms with Crippen molar-refractivity contribution in [2.24, 2.45) is 0 Å². The van der Waals surface area contributed by atoms with Gasteiger partial charge in [-0.2, -0.15) is 5.10 Å². The maximum absolute atomic E-state index is 4.86. The van der Waals surface area contributed by atoms with Crippen LogP contribution < -0.4 is 0 Å². The van der Waals surface area contributed by atoms with Crippen molar-refractivity contribution in [2.45, 2.75) is 53.0 Å². The van der Waals surface area contributed by atoms with Crippen LogP contribution in [0.25, 0.3) is 5.70 Å². The molecule has 1 aliphatic rings. The number of likely N-dealkylation sites (tertiary alicyclic amines) is 1. The molecule has 0 aliphatic carbocycles. The molecule has 2 rings (SSSR count). The highest BCUT2D eigenvalue weighted by molar-refractivity contribution is 5.54. The van der Waals surface area contributed by atoms with Crippen LogP contribution in [0, 0.1) is 6.92 Å². The van der Waals surface area contributed by atoms with E-state index in [1.165, 1.54) is 48.5 Å². The van der Waals surface area contributed by atoms with E-state index in [0.29, 0.717) is 6.04 Å². The van der Waals surface area contributed by atoms with Gasteiger partial charge in [0.2, 0.25) is 0 Å². The molecule has 0 N–H and O–H groups in total. The van der Waals surface area contributed by atoms with Crippen LogP contribution in [-0.2, 0) is 0 Å². The summed E-state index contributed by atoms with van der Waals surface area (Å²) in [4.78, 5) is 2.43. The maximum atomic E-state index is 4.86. The molecule has 20 heavy (non-hydrogen) atoms. The highest BCUT2D eigenvalue weighted by atomic mass is 15.3. The zero-order chi connectivity index (χ0) is 14.9. The van der Waals surface area contributed by atoms with Crippen LogP contribution >= 0.6 is 0 Å². The third kappa shape index (κ3) is 2.88. The van der Waals surface area contributed by atoms with Crippen LogP contribution in [0.1, 0.15) is 57.5 Å². The zero-order valence-electron chi connectivity index (χ0n) is 13.5. The van der Waals surface area contributed by atoms with Gasteiger partial charge in [-0.25, -0.2) is 4.68 Å². The van der Waals surface area contributed by atoms with E-state index in [1.54, 1.807) is 0 Å². The van der Waals surface area contributed by atoms with Gasteiger partial charge in [0.25, 0.3) is 0 Å². The Bertz CT molecular complexity index is 536. The zero-order valence-corrected chi connectivity index (χ0v) is 13.5. The van der Waals surface area contributed by atoms with Crippen molar-refractivity contribution in [1.82, 2.24) is 14.7 Å². The third-order valence-electron chi connectivity index (χ3n) is 4.52. The van der Waals surface area contributed by atoms with Gasteiger partial charge in [0.15, 0.2) is 0 Å². The summed E-state index contributed by atoms with van der Waals surface area (Å²) in [5.41, 5.74) is 5.92. The van der Waals surface area contributed by atoms with Crippen molar-refractivity contribution < 1.29 is 0 Å². The lowest BCUT2D eigenvalue weighted by molar-refractivity contribution is 0.183. The van der Waals surface area contributed by atoms with Crippen LogP contribution in [0.15, 0.2) is 23.8 Å². The van der Waals surface area contributed by atoms with Crippen molar-refractivity contribution in [1.29, 1.82) is 0 Å². The van der Waals surface area contributed by atoms with Gasteiger partial charge in [-0.05, 0) is 65.8 Å². The number of piperidine rings is 1. The molecule has 1 aromatic rings. The van der Waals surface area contributed by atoms with Crippen molar-refractivity contribution in [3.63, 3.8) is 0 Å². The molecule has 2 heterocycles. The Balaban J connectivity index is 2.34. The van der Waals surface area contributed by atoms with E-state index in [9.17, 15) is 0 Å². The van der Waals surface area contributed by atoms with Crippen LogP contribution in [0.5, 0.6) is 0 Å². The molecule has 0 amide bonds. The topological polar surface area (TPSA) is 21.1 Å². The Morgan fingerprint density at radius 3 is 2.60 bits per heavy atom. The second-order valence-corrected chi connectivity index (χ2v) is 6.11. The highest BCUT2D eigenvalue weighted by Gasteiger charge is 2.23. The number of aromatic nitrogens is 2. The quantitative estimate of drug-likeness (QED) is 0.770. The van der Waals surface area contributed by atoms with Gasteiger partial charge in [-0.15, -0.1) is 0 Å². The van der Waals surface area contributed by atoms with E-state index < -0.39 is 0 Å². The SMILES string of the molecule is C=C(C)/C(C)=C(/C)n1nc(C2CCCCN2C)cc1C. The minimum absolute atomic E-state index is 0.474. The van der Waals surface area contributed by atoms with Gasteiger partial charge < -0.3 is 0 Å². The molecule has 1 unspecified atom stereocenters. The first-order valence-corrected chi connectivity index (χ1v) is 7.52. The Labute approximate surface area is 123 Å². The number of hydrogen-bond donors (Lipinski definition) is 0. The predicted octanol–water partition coefficient (Wildman–Crippen LogP) is 4.18. The first-order valence-electron chi connectivity index (χ1n) is 7.52. The molecular weight excluding hydrogens is 246 g/mol. The summed E-state index contributed by atoms with van der Waals surface area (Å²) < 4.78 is 2.07. The van der Waals surface area contributed by atoms with E-state index in [-0.39, 0.29) is 0 Å². The molecule has 0 radical (unpaired) electrons. The van der Waals surface area contributed by atoms with Crippen LogP contribution in [0.2, 0.25) is 0 Å². The summed E-state index contributed by atoms with van der Waals surface area (Å²) >= 11 is 0. The fourth-order valence-electron chi connectivity index (χ4n) is 2.92. The minimum atomic E-state index is 0.474. The van der Waals surface area contributed by atoms with Gasteiger partial charge in [0.1, 0.15) is 0 Å². The molecule has 3 heteroatoms. The van der Waals surface area contributed by atoms with Gasteiger partial charge in [-0.1, -0.05) is 18.6 Å². The summed E-state index contributed by atoms with van der Waals surface area (Å²) in [5.74, 6) is 0. The lowest BCUT2D eigenvalue weighted by Gasteiger charge is -2.31. The second kappa shape index (κ2) is 5.96. The van der Waals surface area contributed by atoms with Crippen molar-refractivity contribution in [3.05, 3.63) is 35.2 Å². The predicted molar refractivity (Wildman–Crippen MR) is 85.6 cm³/mol.